The smallest absolute Gasteiger partial charge is 0.423 e. The van der Waals surface area contributed by atoms with Crippen LogP contribution in [0.25, 0.3) is 11.1 Å². The van der Waals surface area contributed by atoms with Crippen molar-refractivity contribution >= 4 is 17.5 Å². The predicted molar refractivity (Wildman–Crippen MR) is 84.7 cm³/mol. The van der Waals surface area contributed by atoms with Crippen molar-refractivity contribution in [2.24, 2.45) is 0 Å². The molecule has 2 aromatic rings. The zero-order valence-corrected chi connectivity index (χ0v) is 15.0. The number of hydrogen-bond acceptors (Lipinski definition) is 4. The van der Waals surface area contributed by atoms with E-state index in [4.69, 9.17) is 0 Å². The monoisotopic (exact) mass is 456 g/mol. The van der Waals surface area contributed by atoms with Crippen molar-refractivity contribution in [2.75, 3.05) is 18.6 Å². The summed E-state index contributed by atoms with van der Waals surface area (Å²) in [6.45, 7) is -1.15. The van der Waals surface area contributed by atoms with Crippen molar-refractivity contribution in [1.29, 1.82) is 0 Å². The van der Waals surface area contributed by atoms with Crippen LogP contribution in [0.3, 0.4) is 0 Å². The van der Waals surface area contributed by atoms with Crippen molar-refractivity contribution in [3.8, 4) is 16.9 Å². The third kappa shape index (κ3) is 3.62. The van der Waals surface area contributed by atoms with E-state index in [1.54, 1.807) is 5.48 Å². The Kier molecular flexibility index (Phi) is 5.52. The van der Waals surface area contributed by atoms with Crippen LogP contribution in [0, 0.1) is 34.9 Å². The van der Waals surface area contributed by atoms with E-state index in [0.29, 0.717) is 6.07 Å². The molecule has 1 aliphatic rings. The van der Waals surface area contributed by atoms with Crippen LogP contribution in [-0.2, 0) is 14.4 Å². The lowest BCUT2D eigenvalue weighted by atomic mass is 10.0. The number of rotatable bonds is 4. The van der Waals surface area contributed by atoms with Gasteiger partial charge in [-0.2, -0.15) is 8.78 Å². The van der Waals surface area contributed by atoms with Gasteiger partial charge >= 0.3 is 12.0 Å². The first-order chi connectivity index (χ1) is 14.4. The SMILES string of the molecule is CONC(=O)CN1C(=O)C(F)(F)Oc2cc(F)c(-c3c(F)c(F)c(F)c(F)c3F)cc21. The number of amides is 2. The maximum Gasteiger partial charge on any atom is 0.482 e. The van der Waals surface area contributed by atoms with Crippen LogP contribution in [0.15, 0.2) is 12.1 Å². The number of hydroxylamine groups is 1. The summed E-state index contributed by atoms with van der Waals surface area (Å²) >= 11 is 0. The van der Waals surface area contributed by atoms with Gasteiger partial charge < -0.3 is 4.74 Å². The lowest BCUT2D eigenvalue weighted by Crippen LogP contribution is -2.53. The molecule has 0 aromatic heterocycles. The Morgan fingerprint density at radius 2 is 1.58 bits per heavy atom. The third-order valence-electron chi connectivity index (χ3n) is 4.07. The highest BCUT2D eigenvalue weighted by Gasteiger charge is 2.51. The number of halogens is 8. The zero-order valence-electron chi connectivity index (χ0n) is 15.0. The summed E-state index contributed by atoms with van der Waals surface area (Å²) < 4.78 is 115. The summed E-state index contributed by atoms with van der Waals surface area (Å²) in [5.41, 5.74) is -2.08. The number of ether oxygens (including phenoxy) is 1. The van der Waals surface area contributed by atoms with Crippen molar-refractivity contribution in [1.82, 2.24) is 5.48 Å². The molecule has 0 radical (unpaired) electrons. The van der Waals surface area contributed by atoms with Crippen LogP contribution in [0.4, 0.5) is 40.8 Å². The highest BCUT2D eigenvalue weighted by molar-refractivity contribution is 6.05. The molecule has 1 aliphatic heterocycles. The topological polar surface area (TPSA) is 67.9 Å². The molecule has 0 bridgehead atoms. The molecule has 0 atom stereocenters. The van der Waals surface area contributed by atoms with E-state index < -0.39 is 81.9 Å². The van der Waals surface area contributed by atoms with Crippen LogP contribution in [0.5, 0.6) is 5.75 Å². The molecule has 6 nitrogen and oxygen atoms in total. The van der Waals surface area contributed by atoms with E-state index >= 15 is 0 Å². The Hall–Kier alpha value is -3.42. The normalized spacial score (nSPS) is 14.9. The number of carbonyl (C=O) groups excluding carboxylic acids is 2. The van der Waals surface area contributed by atoms with Gasteiger partial charge in [-0.25, -0.2) is 31.8 Å². The molecule has 2 amide bonds. The van der Waals surface area contributed by atoms with Crippen molar-refractivity contribution < 1.29 is 54.3 Å². The summed E-state index contributed by atoms with van der Waals surface area (Å²) in [5, 5.41) is 0. The molecular weight excluding hydrogens is 448 g/mol. The molecule has 1 N–H and O–H groups in total. The van der Waals surface area contributed by atoms with Gasteiger partial charge in [0.2, 0.25) is 5.82 Å². The fraction of sp³-hybridized carbons (Fsp3) is 0.176. The van der Waals surface area contributed by atoms with Gasteiger partial charge in [0.15, 0.2) is 29.0 Å². The number of nitrogens with one attached hydrogen (secondary N) is 1. The summed E-state index contributed by atoms with van der Waals surface area (Å²) in [5.74, 6) is -18.1. The molecule has 0 fully saturated rings. The molecule has 0 aliphatic carbocycles. The van der Waals surface area contributed by atoms with Crippen LogP contribution in [-0.4, -0.2) is 31.6 Å². The van der Waals surface area contributed by atoms with Crippen molar-refractivity contribution in [3.63, 3.8) is 0 Å². The molecule has 1 heterocycles. The van der Waals surface area contributed by atoms with Crippen molar-refractivity contribution in [2.45, 2.75) is 6.11 Å². The van der Waals surface area contributed by atoms with E-state index in [9.17, 15) is 44.7 Å². The van der Waals surface area contributed by atoms with Crippen molar-refractivity contribution in [3.05, 3.63) is 47.0 Å². The molecule has 3 rings (SSSR count). The Bertz CT molecular complexity index is 1080. The number of alkyl halides is 2. The molecule has 166 valence electrons. The number of nitrogens with zero attached hydrogens (tertiary/aromatic N) is 1. The molecule has 14 heteroatoms. The van der Waals surface area contributed by atoms with Crippen LogP contribution >= 0.6 is 0 Å². The van der Waals surface area contributed by atoms with E-state index in [2.05, 4.69) is 9.57 Å². The highest BCUT2D eigenvalue weighted by atomic mass is 19.3. The second kappa shape index (κ2) is 7.68. The molecule has 2 aromatic carbocycles. The minimum atomic E-state index is -4.56. The first-order valence-corrected chi connectivity index (χ1v) is 7.96. The molecule has 0 saturated carbocycles. The third-order valence-corrected chi connectivity index (χ3v) is 4.07. The van der Waals surface area contributed by atoms with E-state index in [0.717, 1.165) is 7.11 Å². The fourth-order valence-electron chi connectivity index (χ4n) is 2.76. The van der Waals surface area contributed by atoms with Gasteiger partial charge in [0.25, 0.3) is 5.91 Å². The first-order valence-electron chi connectivity index (χ1n) is 7.96. The van der Waals surface area contributed by atoms with Gasteiger partial charge in [-0.1, -0.05) is 0 Å². The van der Waals surface area contributed by atoms with Crippen LogP contribution in [0.2, 0.25) is 0 Å². The van der Waals surface area contributed by atoms with E-state index in [1.807, 2.05) is 0 Å². The molecule has 0 saturated heterocycles. The van der Waals surface area contributed by atoms with Gasteiger partial charge in [0, 0.05) is 11.6 Å². The average molecular weight is 456 g/mol. The lowest BCUT2D eigenvalue weighted by Gasteiger charge is -2.33. The average Bonchev–Trinajstić information content (AvgIpc) is 2.69. The number of anilines is 1. The number of carbonyl (C=O) groups is 2. The molecular formula is C17H8F8N2O4. The van der Waals surface area contributed by atoms with Crippen LogP contribution < -0.4 is 15.1 Å². The number of benzene rings is 2. The van der Waals surface area contributed by atoms with Gasteiger partial charge in [-0.3, -0.25) is 19.3 Å². The summed E-state index contributed by atoms with van der Waals surface area (Å²) in [6, 6.07) is 0.473. The largest absolute Gasteiger partial charge is 0.482 e. The minimum Gasteiger partial charge on any atom is -0.423 e. The quantitative estimate of drug-likeness (QED) is 0.332. The maximum atomic E-state index is 14.4. The van der Waals surface area contributed by atoms with Gasteiger partial charge in [-0.05, 0) is 6.07 Å². The Balaban J connectivity index is 2.25. The lowest BCUT2D eigenvalue weighted by molar-refractivity contribution is -0.193. The maximum absolute atomic E-state index is 14.4. The number of hydrogen-bond donors (Lipinski definition) is 1. The van der Waals surface area contributed by atoms with E-state index in [-0.39, 0.29) is 11.0 Å². The standard InChI is InChI=1S/C17H8F8N2O4/c1-30-26-9(28)4-27-7-2-5(6(18)3-8(7)31-17(24,25)16(27)29)10-11(19)13(21)15(23)14(22)12(10)20/h2-3H,4H2,1H3,(H,26,28). The van der Waals surface area contributed by atoms with Gasteiger partial charge in [0.05, 0.1) is 18.4 Å². The van der Waals surface area contributed by atoms with Gasteiger partial charge in [-0.15, -0.1) is 0 Å². The molecule has 31 heavy (non-hydrogen) atoms. The number of fused-ring (bicyclic) bond motifs is 1. The highest BCUT2D eigenvalue weighted by Crippen LogP contribution is 2.44. The fourth-order valence-corrected chi connectivity index (χ4v) is 2.76. The Labute approximate surface area is 166 Å². The first kappa shape index (κ1) is 22.3. The molecule has 0 unspecified atom stereocenters. The summed E-state index contributed by atoms with van der Waals surface area (Å²) in [6.07, 6.45) is -4.56. The van der Waals surface area contributed by atoms with E-state index in [1.165, 1.54) is 0 Å². The van der Waals surface area contributed by atoms with Gasteiger partial charge in [0.1, 0.15) is 12.4 Å². The Morgan fingerprint density at radius 1 is 1.03 bits per heavy atom. The predicted octanol–water partition coefficient (Wildman–Crippen LogP) is 3.18. The second-order valence-corrected chi connectivity index (χ2v) is 5.98. The van der Waals surface area contributed by atoms with Crippen LogP contribution in [0.1, 0.15) is 0 Å². The zero-order chi connectivity index (χ0) is 23.2. The summed E-state index contributed by atoms with van der Waals surface area (Å²) in [7, 11) is 0.984. The molecule has 0 spiro atoms. The Morgan fingerprint density at radius 3 is 2.13 bits per heavy atom. The second-order valence-electron chi connectivity index (χ2n) is 5.98. The summed E-state index contributed by atoms with van der Waals surface area (Å²) in [4.78, 5) is 28.0. The minimum absolute atomic E-state index is 0.0577.